The highest BCUT2D eigenvalue weighted by Crippen LogP contribution is 2.35. The molecule has 1 heterocycles. The number of rotatable bonds is 5. The summed E-state index contributed by atoms with van der Waals surface area (Å²) < 4.78 is 6.85. The van der Waals surface area contributed by atoms with Crippen LogP contribution in [0.25, 0.3) is 10.9 Å². The molecule has 1 atom stereocenters. The summed E-state index contributed by atoms with van der Waals surface area (Å²) in [7, 11) is 0. The van der Waals surface area contributed by atoms with E-state index in [2.05, 4.69) is 0 Å². The predicted molar refractivity (Wildman–Crippen MR) is 109 cm³/mol. The highest BCUT2D eigenvalue weighted by Gasteiger charge is 2.27. The maximum atomic E-state index is 13.2. The van der Waals surface area contributed by atoms with Gasteiger partial charge in [-0.05, 0) is 62.2 Å². The van der Waals surface area contributed by atoms with Gasteiger partial charge in [0.15, 0.2) is 0 Å². The summed E-state index contributed by atoms with van der Waals surface area (Å²) in [6.45, 7) is 5.81. The molecule has 28 heavy (non-hydrogen) atoms. The summed E-state index contributed by atoms with van der Waals surface area (Å²) in [6.07, 6.45) is 0.729. The van der Waals surface area contributed by atoms with Gasteiger partial charge >= 0.3 is 5.97 Å². The Morgan fingerprint density at radius 2 is 1.96 bits per heavy atom. The lowest BCUT2D eigenvalue weighted by atomic mass is 9.98. The molecule has 1 aromatic heterocycles. The molecule has 0 unspecified atom stereocenters. The normalized spacial score (nSPS) is 12.1. The number of ether oxygens (including phenoxy) is 1. The van der Waals surface area contributed by atoms with Crippen LogP contribution in [0.4, 0.5) is 0 Å². The smallest absolute Gasteiger partial charge is 0.313 e. The number of benzene rings is 2. The number of carbonyl (C=O) groups excluding carboxylic acids is 2. The van der Waals surface area contributed by atoms with Crippen molar-refractivity contribution in [2.75, 3.05) is 6.61 Å². The first-order valence-corrected chi connectivity index (χ1v) is 9.53. The van der Waals surface area contributed by atoms with E-state index in [4.69, 9.17) is 16.3 Å². The van der Waals surface area contributed by atoms with Crippen molar-refractivity contribution in [1.29, 1.82) is 0 Å². The summed E-state index contributed by atoms with van der Waals surface area (Å²) in [4.78, 5) is 25.7. The third-order valence-electron chi connectivity index (χ3n) is 4.75. The fourth-order valence-corrected chi connectivity index (χ4v) is 3.63. The number of fused-ring (bicyclic) bond motifs is 1. The van der Waals surface area contributed by atoms with Gasteiger partial charge in [-0.25, -0.2) is 0 Å². The quantitative estimate of drug-likeness (QED) is 0.609. The van der Waals surface area contributed by atoms with Gasteiger partial charge in [-0.3, -0.25) is 14.2 Å². The minimum Gasteiger partial charge on any atom is -0.508 e. The van der Waals surface area contributed by atoms with E-state index in [-0.39, 0.29) is 17.6 Å². The molecular formula is C22H22ClNO4. The van der Waals surface area contributed by atoms with Crippen LogP contribution in [-0.4, -0.2) is 28.2 Å². The lowest BCUT2D eigenvalue weighted by Gasteiger charge is -2.13. The average Bonchev–Trinajstić information content (AvgIpc) is 2.95. The Balaban J connectivity index is 2.18. The van der Waals surface area contributed by atoms with E-state index in [1.165, 1.54) is 6.07 Å². The molecule has 0 saturated heterocycles. The third kappa shape index (κ3) is 3.62. The van der Waals surface area contributed by atoms with Crippen molar-refractivity contribution in [3.63, 3.8) is 0 Å². The Labute approximate surface area is 168 Å². The highest BCUT2D eigenvalue weighted by atomic mass is 35.5. The van der Waals surface area contributed by atoms with Gasteiger partial charge < -0.3 is 9.84 Å². The van der Waals surface area contributed by atoms with Crippen molar-refractivity contribution in [2.45, 2.75) is 33.1 Å². The molecule has 146 valence electrons. The number of hydrogen-bond acceptors (Lipinski definition) is 4. The first-order valence-electron chi connectivity index (χ1n) is 9.16. The molecule has 0 amide bonds. The lowest BCUT2D eigenvalue weighted by Crippen LogP contribution is -2.17. The topological polar surface area (TPSA) is 68.5 Å². The van der Waals surface area contributed by atoms with E-state index in [1.54, 1.807) is 54.8 Å². The maximum Gasteiger partial charge on any atom is 0.313 e. The van der Waals surface area contributed by atoms with Crippen LogP contribution in [0.15, 0.2) is 42.5 Å². The zero-order valence-corrected chi connectivity index (χ0v) is 16.8. The number of phenolic OH excluding ortho intramolecular Hbond substituents is 1. The minimum absolute atomic E-state index is 0.0650. The molecule has 0 aliphatic heterocycles. The standard InChI is InChI=1S/C22H22ClNO4/c1-4-10-28-22(27)13(2)20-14(3)24(19-9-8-17(25)12-18(19)20)21(26)15-6-5-7-16(23)11-15/h5-9,11-13,25H,4,10H2,1-3H3/t13-/m1/s1. The zero-order valence-electron chi connectivity index (χ0n) is 16.0. The molecule has 5 nitrogen and oxygen atoms in total. The van der Waals surface area contributed by atoms with Crippen LogP contribution in [0.1, 0.15) is 47.8 Å². The van der Waals surface area contributed by atoms with Gasteiger partial charge in [0.2, 0.25) is 0 Å². The Hall–Kier alpha value is -2.79. The molecule has 0 aliphatic carbocycles. The van der Waals surface area contributed by atoms with E-state index >= 15 is 0 Å². The molecule has 1 N–H and O–H groups in total. The Morgan fingerprint density at radius 3 is 2.64 bits per heavy atom. The monoisotopic (exact) mass is 399 g/mol. The fraction of sp³-hybridized carbons (Fsp3) is 0.273. The summed E-state index contributed by atoms with van der Waals surface area (Å²) in [5, 5.41) is 11.1. The number of esters is 1. The van der Waals surface area contributed by atoms with Gasteiger partial charge in [0, 0.05) is 21.7 Å². The van der Waals surface area contributed by atoms with E-state index in [9.17, 15) is 14.7 Å². The van der Waals surface area contributed by atoms with Gasteiger partial charge in [0.05, 0.1) is 18.0 Å². The van der Waals surface area contributed by atoms with Gasteiger partial charge in [0.25, 0.3) is 5.91 Å². The first kappa shape index (κ1) is 20.0. The molecule has 3 rings (SSSR count). The van der Waals surface area contributed by atoms with Crippen molar-refractivity contribution in [2.24, 2.45) is 0 Å². The van der Waals surface area contributed by atoms with Crippen molar-refractivity contribution in [3.05, 3.63) is 64.3 Å². The SMILES string of the molecule is CCCOC(=O)[C@H](C)c1c(C)n(C(=O)c2cccc(Cl)c2)c2ccc(O)cc12. The van der Waals surface area contributed by atoms with Crippen LogP contribution in [0.3, 0.4) is 0 Å². The number of phenols is 1. The number of carbonyl (C=O) groups is 2. The fourth-order valence-electron chi connectivity index (χ4n) is 3.44. The molecule has 0 bridgehead atoms. The Kier molecular flexibility index (Phi) is 5.75. The van der Waals surface area contributed by atoms with Crippen molar-refractivity contribution in [3.8, 4) is 5.75 Å². The van der Waals surface area contributed by atoms with E-state index < -0.39 is 5.92 Å². The maximum absolute atomic E-state index is 13.2. The molecular weight excluding hydrogens is 378 g/mol. The average molecular weight is 400 g/mol. The number of aromatic nitrogens is 1. The second-order valence-electron chi connectivity index (χ2n) is 6.74. The van der Waals surface area contributed by atoms with E-state index in [0.29, 0.717) is 39.4 Å². The van der Waals surface area contributed by atoms with Crippen molar-refractivity contribution >= 4 is 34.4 Å². The molecule has 0 spiro atoms. The third-order valence-corrected chi connectivity index (χ3v) is 4.98. The van der Waals surface area contributed by atoms with Crippen LogP contribution < -0.4 is 0 Å². The van der Waals surface area contributed by atoms with E-state index in [1.807, 2.05) is 6.92 Å². The number of hydrogen-bond donors (Lipinski definition) is 1. The van der Waals surface area contributed by atoms with Crippen molar-refractivity contribution in [1.82, 2.24) is 4.57 Å². The number of halogens is 1. The molecule has 2 aromatic carbocycles. The number of nitrogens with zero attached hydrogens (tertiary/aromatic N) is 1. The largest absolute Gasteiger partial charge is 0.508 e. The second kappa shape index (κ2) is 8.07. The Bertz CT molecular complexity index is 1050. The first-order chi connectivity index (χ1) is 13.3. The summed E-state index contributed by atoms with van der Waals surface area (Å²) >= 11 is 6.05. The van der Waals surface area contributed by atoms with Gasteiger partial charge in [-0.1, -0.05) is 24.6 Å². The predicted octanol–water partition coefficient (Wildman–Crippen LogP) is 5.05. The molecule has 0 aliphatic rings. The summed E-state index contributed by atoms with van der Waals surface area (Å²) in [5.41, 5.74) is 2.35. The molecule has 6 heteroatoms. The lowest BCUT2D eigenvalue weighted by molar-refractivity contribution is -0.145. The van der Waals surface area contributed by atoms with Gasteiger partial charge in [-0.2, -0.15) is 0 Å². The minimum atomic E-state index is -0.579. The van der Waals surface area contributed by atoms with Crippen LogP contribution in [0.2, 0.25) is 5.02 Å². The zero-order chi connectivity index (χ0) is 20.4. The molecule has 3 aromatic rings. The van der Waals surface area contributed by atoms with Crippen LogP contribution in [-0.2, 0) is 9.53 Å². The number of aromatic hydroxyl groups is 1. The van der Waals surface area contributed by atoms with Gasteiger partial charge in [0.1, 0.15) is 5.75 Å². The summed E-state index contributed by atoms with van der Waals surface area (Å²) in [5.74, 6) is -1.13. The molecule has 0 fully saturated rings. The van der Waals surface area contributed by atoms with Crippen molar-refractivity contribution < 1.29 is 19.4 Å². The molecule has 0 saturated carbocycles. The summed E-state index contributed by atoms with van der Waals surface area (Å²) in [6, 6.07) is 11.5. The van der Waals surface area contributed by atoms with Crippen LogP contribution in [0, 0.1) is 6.92 Å². The second-order valence-corrected chi connectivity index (χ2v) is 7.18. The highest BCUT2D eigenvalue weighted by molar-refractivity contribution is 6.31. The van der Waals surface area contributed by atoms with Gasteiger partial charge in [-0.15, -0.1) is 0 Å². The van der Waals surface area contributed by atoms with E-state index in [0.717, 1.165) is 6.42 Å². The van der Waals surface area contributed by atoms with Crippen LogP contribution in [0.5, 0.6) is 5.75 Å². The molecule has 0 radical (unpaired) electrons. The Morgan fingerprint density at radius 1 is 1.21 bits per heavy atom. The van der Waals surface area contributed by atoms with Crippen LogP contribution >= 0.6 is 11.6 Å².